The Bertz CT molecular complexity index is 545. The summed E-state index contributed by atoms with van der Waals surface area (Å²) >= 11 is 0. The molecule has 1 aliphatic heterocycles. The maximum atomic E-state index is 11.3. The second-order valence-corrected chi connectivity index (χ2v) is 4.10. The highest BCUT2D eigenvalue weighted by atomic mass is 16.1. The van der Waals surface area contributed by atoms with E-state index in [1.54, 1.807) is 4.68 Å². The van der Waals surface area contributed by atoms with E-state index in [0.717, 1.165) is 42.7 Å². The Hall–Kier alpha value is -1.94. The Balaban J connectivity index is 2.17. The van der Waals surface area contributed by atoms with E-state index in [1.807, 2.05) is 30.3 Å². The topological polar surface area (TPSA) is 46.9 Å². The SMILES string of the molecule is O=Cc1c2c(nn1-c1ccccc1)CNCC2. The van der Waals surface area contributed by atoms with Gasteiger partial charge in [-0.3, -0.25) is 4.79 Å². The second kappa shape index (κ2) is 4.14. The third-order valence-corrected chi connectivity index (χ3v) is 3.06. The number of hydrogen-bond donors (Lipinski definition) is 1. The van der Waals surface area contributed by atoms with E-state index < -0.39 is 0 Å². The molecule has 86 valence electrons. The van der Waals surface area contributed by atoms with Gasteiger partial charge in [0.2, 0.25) is 0 Å². The van der Waals surface area contributed by atoms with Crippen LogP contribution in [-0.2, 0) is 13.0 Å². The van der Waals surface area contributed by atoms with Crippen molar-refractivity contribution in [2.24, 2.45) is 0 Å². The van der Waals surface area contributed by atoms with Crippen LogP contribution in [0.5, 0.6) is 0 Å². The number of fused-ring (bicyclic) bond motifs is 1. The van der Waals surface area contributed by atoms with Crippen LogP contribution >= 0.6 is 0 Å². The first-order valence-electron chi connectivity index (χ1n) is 5.72. The Morgan fingerprint density at radius 1 is 1.29 bits per heavy atom. The number of carbonyl (C=O) groups excluding carboxylic acids is 1. The van der Waals surface area contributed by atoms with E-state index >= 15 is 0 Å². The molecule has 4 nitrogen and oxygen atoms in total. The highest BCUT2D eigenvalue weighted by Crippen LogP contribution is 2.20. The van der Waals surface area contributed by atoms with E-state index in [0.29, 0.717) is 5.69 Å². The molecule has 2 heterocycles. The number of hydrogen-bond acceptors (Lipinski definition) is 3. The molecule has 0 saturated carbocycles. The fourth-order valence-electron chi connectivity index (χ4n) is 2.23. The largest absolute Gasteiger partial charge is 0.311 e. The van der Waals surface area contributed by atoms with Gasteiger partial charge in [-0.25, -0.2) is 4.68 Å². The zero-order valence-electron chi connectivity index (χ0n) is 9.39. The van der Waals surface area contributed by atoms with Gasteiger partial charge in [0.05, 0.1) is 11.4 Å². The zero-order chi connectivity index (χ0) is 11.7. The third kappa shape index (κ3) is 1.66. The van der Waals surface area contributed by atoms with Gasteiger partial charge in [0.15, 0.2) is 6.29 Å². The van der Waals surface area contributed by atoms with Gasteiger partial charge in [-0.15, -0.1) is 0 Å². The molecular weight excluding hydrogens is 214 g/mol. The number of nitrogens with zero attached hydrogens (tertiary/aromatic N) is 2. The van der Waals surface area contributed by atoms with Crippen LogP contribution in [0.15, 0.2) is 30.3 Å². The first kappa shape index (κ1) is 10.2. The summed E-state index contributed by atoms with van der Waals surface area (Å²) in [5, 5.41) is 7.78. The molecule has 0 bridgehead atoms. The van der Waals surface area contributed by atoms with Crippen molar-refractivity contribution in [1.82, 2.24) is 15.1 Å². The Morgan fingerprint density at radius 3 is 2.88 bits per heavy atom. The van der Waals surface area contributed by atoms with E-state index in [-0.39, 0.29) is 0 Å². The summed E-state index contributed by atoms with van der Waals surface area (Å²) in [7, 11) is 0. The lowest BCUT2D eigenvalue weighted by atomic mass is 10.1. The average Bonchev–Trinajstić information content (AvgIpc) is 2.78. The molecule has 1 aliphatic rings. The minimum absolute atomic E-state index is 0.688. The van der Waals surface area contributed by atoms with Crippen molar-refractivity contribution in [2.45, 2.75) is 13.0 Å². The molecule has 0 radical (unpaired) electrons. The molecule has 0 saturated heterocycles. The van der Waals surface area contributed by atoms with E-state index in [4.69, 9.17) is 0 Å². The summed E-state index contributed by atoms with van der Waals surface area (Å²) in [4.78, 5) is 11.3. The zero-order valence-corrected chi connectivity index (χ0v) is 9.39. The summed E-state index contributed by atoms with van der Waals surface area (Å²) < 4.78 is 1.74. The van der Waals surface area contributed by atoms with Gasteiger partial charge < -0.3 is 5.32 Å². The number of aldehydes is 1. The molecule has 1 N–H and O–H groups in total. The monoisotopic (exact) mass is 227 g/mol. The van der Waals surface area contributed by atoms with Crippen molar-refractivity contribution in [3.63, 3.8) is 0 Å². The smallest absolute Gasteiger partial charge is 0.168 e. The Kier molecular flexibility index (Phi) is 2.49. The van der Waals surface area contributed by atoms with Crippen molar-refractivity contribution >= 4 is 6.29 Å². The number of nitrogens with one attached hydrogen (secondary N) is 1. The maximum absolute atomic E-state index is 11.3. The molecule has 0 aliphatic carbocycles. The van der Waals surface area contributed by atoms with E-state index in [9.17, 15) is 4.79 Å². The summed E-state index contributed by atoms with van der Waals surface area (Å²) in [5.74, 6) is 0. The van der Waals surface area contributed by atoms with Crippen molar-refractivity contribution < 1.29 is 4.79 Å². The average molecular weight is 227 g/mol. The van der Waals surface area contributed by atoms with Crippen molar-refractivity contribution in [3.05, 3.63) is 47.3 Å². The van der Waals surface area contributed by atoms with Crippen LogP contribution in [-0.4, -0.2) is 22.6 Å². The highest BCUT2D eigenvalue weighted by molar-refractivity contribution is 5.76. The summed E-state index contributed by atoms with van der Waals surface area (Å²) in [6.07, 6.45) is 1.78. The van der Waals surface area contributed by atoms with Gasteiger partial charge in [0.1, 0.15) is 5.69 Å². The lowest BCUT2D eigenvalue weighted by Gasteiger charge is -2.10. The first-order chi connectivity index (χ1) is 8.40. The second-order valence-electron chi connectivity index (χ2n) is 4.10. The molecule has 0 amide bonds. The van der Waals surface area contributed by atoms with Crippen molar-refractivity contribution in [1.29, 1.82) is 0 Å². The minimum Gasteiger partial charge on any atom is -0.311 e. The summed E-state index contributed by atoms with van der Waals surface area (Å²) in [6, 6.07) is 9.76. The van der Waals surface area contributed by atoms with Crippen LogP contribution < -0.4 is 5.32 Å². The molecule has 2 aromatic rings. The molecule has 0 atom stereocenters. The molecule has 17 heavy (non-hydrogen) atoms. The number of rotatable bonds is 2. The fraction of sp³-hybridized carbons (Fsp3) is 0.231. The molecule has 0 unspecified atom stereocenters. The molecule has 1 aromatic carbocycles. The van der Waals surface area contributed by atoms with Gasteiger partial charge in [-0.1, -0.05) is 18.2 Å². The molecular formula is C13H13N3O. The van der Waals surface area contributed by atoms with Gasteiger partial charge in [0.25, 0.3) is 0 Å². The van der Waals surface area contributed by atoms with Crippen LogP contribution in [0.3, 0.4) is 0 Å². The Morgan fingerprint density at radius 2 is 2.12 bits per heavy atom. The maximum Gasteiger partial charge on any atom is 0.168 e. The van der Waals surface area contributed by atoms with Gasteiger partial charge in [-0.2, -0.15) is 5.10 Å². The van der Waals surface area contributed by atoms with Crippen LogP contribution in [0.25, 0.3) is 5.69 Å². The minimum atomic E-state index is 0.688. The first-order valence-corrected chi connectivity index (χ1v) is 5.72. The predicted octanol–water partition coefficient (Wildman–Crippen LogP) is 1.33. The normalized spacial score (nSPS) is 14.4. The van der Waals surface area contributed by atoms with Gasteiger partial charge >= 0.3 is 0 Å². The van der Waals surface area contributed by atoms with Crippen LogP contribution in [0.1, 0.15) is 21.7 Å². The Labute approximate surface area is 99.3 Å². The molecule has 3 rings (SSSR count). The van der Waals surface area contributed by atoms with E-state index in [2.05, 4.69) is 10.4 Å². The molecule has 4 heteroatoms. The molecule has 0 fully saturated rings. The summed E-state index contributed by atoms with van der Waals surface area (Å²) in [6.45, 7) is 1.66. The predicted molar refractivity (Wildman–Crippen MR) is 64.4 cm³/mol. The van der Waals surface area contributed by atoms with Crippen molar-refractivity contribution in [2.75, 3.05) is 6.54 Å². The van der Waals surface area contributed by atoms with Gasteiger partial charge in [0, 0.05) is 12.1 Å². The lowest BCUT2D eigenvalue weighted by Crippen LogP contribution is -2.23. The fourth-order valence-corrected chi connectivity index (χ4v) is 2.23. The molecule has 0 spiro atoms. The third-order valence-electron chi connectivity index (χ3n) is 3.06. The van der Waals surface area contributed by atoms with Crippen molar-refractivity contribution in [3.8, 4) is 5.69 Å². The summed E-state index contributed by atoms with van der Waals surface area (Å²) in [5.41, 5.74) is 3.70. The number of aromatic nitrogens is 2. The molecule has 1 aromatic heterocycles. The lowest BCUT2D eigenvalue weighted by molar-refractivity contribution is 0.111. The number of para-hydroxylation sites is 1. The number of carbonyl (C=O) groups is 1. The quantitative estimate of drug-likeness (QED) is 0.787. The number of benzene rings is 1. The standard InChI is InChI=1S/C13H13N3O/c17-9-13-11-6-7-14-8-12(11)15-16(13)10-4-2-1-3-5-10/h1-5,9,14H,6-8H2. The van der Waals surface area contributed by atoms with Crippen LogP contribution in [0.2, 0.25) is 0 Å². The van der Waals surface area contributed by atoms with E-state index in [1.165, 1.54) is 0 Å². The highest BCUT2D eigenvalue weighted by Gasteiger charge is 2.20. The van der Waals surface area contributed by atoms with Gasteiger partial charge in [-0.05, 0) is 25.1 Å². The van der Waals surface area contributed by atoms with Crippen LogP contribution in [0.4, 0.5) is 0 Å². The van der Waals surface area contributed by atoms with Crippen LogP contribution in [0, 0.1) is 0 Å².